The number of piperazine rings is 1. The van der Waals surface area contributed by atoms with E-state index in [0.717, 1.165) is 32.7 Å². The Morgan fingerprint density at radius 2 is 1.89 bits per heavy atom. The highest BCUT2D eigenvalue weighted by molar-refractivity contribution is 6.31. The number of hydrogen-bond acceptors (Lipinski definition) is 3. The summed E-state index contributed by atoms with van der Waals surface area (Å²) in [5, 5.41) is 2.82. The first-order valence-corrected chi connectivity index (χ1v) is 9.84. The fourth-order valence-corrected chi connectivity index (χ4v) is 3.40. The molecule has 0 aliphatic carbocycles. The van der Waals surface area contributed by atoms with Crippen molar-refractivity contribution in [2.24, 2.45) is 0 Å². The number of nitrogens with one attached hydrogen (secondary N) is 1. The molecule has 3 rings (SSSR count). The van der Waals surface area contributed by atoms with E-state index < -0.39 is 5.82 Å². The maximum Gasteiger partial charge on any atom is 0.241 e. The minimum atomic E-state index is -0.495. The van der Waals surface area contributed by atoms with Gasteiger partial charge < -0.3 is 5.32 Å². The lowest BCUT2D eigenvalue weighted by Crippen LogP contribution is -2.52. The summed E-state index contributed by atoms with van der Waals surface area (Å²) in [4.78, 5) is 17.0. The molecule has 1 aliphatic heterocycles. The quantitative estimate of drug-likeness (QED) is 0.790. The largest absolute Gasteiger partial charge is 0.325 e. The zero-order valence-corrected chi connectivity index (χ0v) is 16.7. The van der Waals surface area contributed by atoms with Crippen molar-refractivity contribution in [3.63, 3.8) is 0 Å². The molecule has 148 valence electrons. The lowest BCUT2D eigenvalue weighted by molar-refractivity contribution is -0.121. The zero-order valence-electron chi connectivity index (χ0n) is 15.9. The van der Waals surface area contributed by atoms with Crippen LogP contribution in [0.5, 0.6) is 0 Å². The van der Waals surface area contributed by atoms with Gasteiger partial charge in [0.2, 0.25) is 5.91 Å². The van der Waals surface area contributed by atoms with Gasteiger partial charge in [-0.1, -0.05) is 54.1 Å². The van der Waals surface area contributed by atoms with E-state index in [9.17, 15) is 9.18 Å². The molecule has 0 saturated carbocycles. The van der Waals surface area contributed by atoms with E-state index in [1.165, 1.54) is 23.8 Å². The Balaban J connectivity index is 1.45. The van der Waals surface area contributed by atoms with E-state index in [1.807, 2.05) is 25.1 Å². The third-order valence-corrected chi connectivity index (χ3v) is 5.28. The van der Waals surface area contributed by atoms with E-state index in [2.05, 4.69) is 39.4 Å². The van der Waals surface area contributed by atoms with Crippen LogP contribution in [-0.2, 0) is 4.79 Å². The Morgan fingerprint density at radius 3 is 2.57 bits per heavy atom. The fraction of sp³-hybridized carbons (Fsp3) is 0.318. The molecule has 2 aromatic rings. The number of halogens is 2. The van der Waals surface area contributed by atoms with Gasteiger partial charge >= 0.3 is 0 Å². The molecule has 28 heavy (non-hydrogen) atoms. The third kappa shape index (κ3) is 5.64. The van der Waals surface area contributed by atoms with Crippen LogP contribution >= 0.6 is 11.6 Å². The smallest absolute Gasteiger partial charge is 0.241 e. The molecule has 1 aliphatic rings. The van der Waals surface area contributed by atoms with Crippen LogP contribution in [0.15, 0.2) is 54.6 Å². The lowest BCUT2D eigenvalue weighted by atomic mass is 10.2. The summed E-state index contributed by atoms with van der Waals surface area (Å²) in [6.45, 7) is 6.29. The van der Waals surface area contributed by atoms with E-state index >= 15 is 0 Å². The van der Waals surface area contributed by atoms with Crippen LogP contribution in [0, 0.1) is 5.82 Å². The van der Waals surface area contributed by atoms with Crippen LogP contribution in [0.2, 0.25) is 5.02 Å². The van der Waals surface area contributed by atoms with Gasteiger partial charge in [-0.3, -0.25) is 14.6 Å². The normalized spacial score (nSPS) is 17.0. The van der Waals surface area contributed by atoms with Crippen LogP contribution in [0.1, 0.15) is 12.5 Å². The highest BCUT2D eigenvalue weighted by atomic mass is 35.5. The van der Waals surface area contributed by atoms with E-state index in [4.69, 9.17) is 11.6 Å². The van der Waals surface area contributed by atoms with Crippen molar-refractivity contribution in [2.75, 3.05) is 38.0 Å². The average molecular weight is 402 g/mol. The molecule has 1 heterocycles. The maximum atomic E-state index is 13.2. The fourth-order valence-electron chi connectivity index (χ4n) is 3.22. The number of amides is 1. The summed E-state index contributed by atoms with van der Waals surface area (Å²) in [7, 11) is 0. The second kappa shape index (κ2) is 9.82. The van der Waals surface area contributed by atoms with Crippen LogP contribution in [0.25, 0.3) is 6.08 Å². The number of rotatable bonds is 6. The van der Waals surface area contributed by atoms with Crippen molar-refractivity contribution in [3.05, 3.63) is 71.0 Å². The van der Waals surface area contributed by atoms with Crippen LogP contribution < -0.4 is 5.32 Å². The molecule has 1 fully saturated rings. The van der Waals surface area contributed by atoms with Crippen LogP contribution in [-0.4, -0.2) is 54.5 Å². The highest BCUT2D eigenvalue weighted by Gasteiger charge is 2.25. The predicted molar refractivity (Wildman–Crippen MR) is 113 cm³/mol. The molecule has 1 atom stereocenters. The molecule has 0 unspecified atom stereocenters. The van der Waals surface area contributed by atoms with Crippen molar-refractivity contribution >= 4 is 29.3 Å². The number of hydrogen-bond donors (Lipinski definition) is 1. The maximum absolute atomic E-state index is 13.2. The van der Waals surface area contributed by atoms with Crippen molar-refractivity contribution in [2.45, 2.75) is 13.0 Å². The first-order valence-electron chi connectivity index (χ1n) is 9.47. The Morgan fingerprint density at radius 1 is 1.18 bits per heavy atom. The third-order valence-electron chi connectivity index (χ3n) is 4.99. The molecule has 0 bridgehead atoms. The molecular formula is C22H25ClFN3O. The van der Waals surface area contributed by atoms with Gasteiger partial charge in [0, 0.05) is 38.4 Å². The second-order valence-corrected chi connectivity index (χ2v) is 7.35. The monoisotopic (exact) mass is 401 g/mol. The molecule has 0 radical (unpaired) electrons. The Hall–Kier alpha value is -2.21. The Bertz CT molecular complexity index is 820. The molecule has 4 nitrogen and oxygen atoms in total. The van der Waals surface area contributed by atoms with Gasteiger partial charge in [0.05, 0.1) is 11.1 Å². The van der Waals surface area contributed by atoms with Crippen LogP contribution in [0.4, 0.5) is 10.1 Å². The number of carbonyl (C=O) groups excluding carboxylic acids is 1. The summed E-state index contributed by atoms with van der Waals surface area (Å²) in [6.07, 6.45) is 4.32. The van der Waals surface area contributed by atoms with E-state index in [-0.39, 0.29) is 17.0 Å². The summed E-state index contributed by atoms with van der Waals surface area (Å²) in [5.41, 5.74) is 1.71. The second-order valence-electron chi connectivity index (χ2n) is 6.94. The zero-order chi connectivity index (χ0) is 19.9. The van der Waals surface area contributed by atoms with Crippen LogP contribution in [0.3, 0.4) is 0 Å². The molecule has 1 N–H and O–H groups in total. The molecule has 1 amide bonds. The summed E-state index contributed by atoms with van der Waals surface area (Å²) >= 11 is 5.77. The minimum absolute atomic E-state index is 0.00243. The Kier molecular flexibility index (Phi) is 7.20. The average Bonchev–Trinajstić information content (AvgIpc) is 2.71. The molecular weight excluding hydrogens is 377 g/mol. The van der Waals surface area contributed by atoms with Gasteiger partial charge in [0.25, 0.3) is 0 Å². The number of benzene rings is 2. The Labute approximate surface area is 170 Å². The lowest BCUT2D eigenvalue weighted by Gasteiger charge is -2.37. The van der Waals surface area contributed by atoms with E-state index in [1.54, 1.807) is 0 Å². The molecule has 0 aromatic heterocycles. The summed E-state index contributed by atoms with van der Waals surface area (Å²) < 4.78 is 13.2. The van der Waals surface area contributed by atoms with Gasteiger partial charge in [-0.2, -0.15) is 0 Å². The molecule has 1 saturated heterocycles. The minimum Gasteiger partial charge on any atom is -0.325 e. The molecule has 6 heteroatoms. The van der Waals surface area contributed by atoms with Gasteiger partial charge in [-0.25, -0.2) is 4.39 Å². The molecule has 0 spiro atoms. The number of nitrogens with zero attached hydrogens (tertiary/aromatic N) is 2. The van der Waals surface area contributed by atoms with Crippen molar-refractivity contribution in [1.29, 1.82) is 0 Å². The van der Waals surface area contributed by atoms with Gasteiger partial charge in [-0.05, 0) is 30.7 Å². The first-order chi connectivity index (χ1) is 13.5. The highest BCUT2D eigenvalue weighted by Crippen LogP contribution is 2.20. The van der Waals surface area contributed by atoms with Crippen molar-refractivity contribution < 1.29 is 9.18 Å². The van der Waals surface area contributed by atoms with Gasteiger partial charge in [0.1, 0.15) is 5.82 Å². The predicted octanol–water partition coefficient (Wildman–Crippen LogP) is 4.14. The topological polar surface area (TPSA) is 35.6 Å². The summed E-state index contributed by atoms with van der Waals surface area (Å²) in [5.74, 6) is -0.606. The van der Waals surface area contributed by atoms with Gasteiger partial charge in [-0.15, -0.1) is 0 Å². The van der Waals surface area contributed by atoms with E-state index in [0.29, 0.717) is 5.69 Å². The first kappa shape index (κ1) is 20.5. The van der Waals surface area contributed by atoms with Crippen molar-refractivity contribution in [1.82, 2.24) is 9.80 Å². The number of carbonyl (C=O) groups is 1. The summed E-state index contributed by atoms with van der Waals surface area (Å²) in [6, 6.07) is 14.2. The number of anilines is 1. The van der Waals surface area contributed by atoms with Gasteiger partial charge in [0.15, 0.2) is 0 Å². The SMILES string of the molecule is C[C@H](C(=O)Nc1ccc(F)c(Cl)c1)N1CCN(C/C=C/c2ccccc2)CC1. The standard InChI is InChI=1S/C22H25ClFN3O/c1-17(22(28)25-19-9-10-21(24)20(23)16-19)27-14-12-26(13-15-27)11-5-8-18-6-3-2-4-7-18/h2-10,16-17H,11-15H2,1H3,(H,25,28)/b8-5+/t17-/m1/s1. The van der Waals surface area contributed by atoms with Crippen molar-refractivity contribution in [3.8, 4) is 0 Å². The molecule has 2 aromatic carbocycles.